The highest BCUT2D eigenvalue weighted by molar-refractivity contribution is 9.13. The standard InChI is InChI=1S/C14H21Br2NS/c1-3-14(7-5-6-8-14)12(17-4-2)11-9-10(15)13(16)18-11/h9,12,17H,3-8H2,1-2H3. The summed E-state index contributed by atoms with van der Waals surface area (Å²) in [4.78, 5) is 1.47. The lowest BCUT2D eigenvalue weighted by Gasteiger charge is -2.37. The number of nitrogens with one attached hydrogen (secondary N) is 1. The summed E-state index contributed by atoms with van der Waals surface area (Å²) in [6.45, 7) is 5.61. The van der Waals surface area contributed by atoms with Gasteiger partial charge in [0.1, 0.15) is 0 Å². The molecule has 0 aromatic carbocycles. The number of thiophene rings is 1. The summed E-state index contributed by atoms with van der Waals surface area (Å²) in [5, 5.41) is 3.74. The van der Waals surface area contributed by atoms with Crippen LogP contribution in [0.4, 0.5) is 0 Å². The predicted molar refractivity (Wildman–Crippen MR) is 87.3 cm³/mol. The average molecular weight is 395 g/mol. The summed E-state index contributed by atoms with van der Waals surface area (Å²) in [6, 6.07) is 2.81. The van der Waals surface area contributed by atoms with Gasteiger partial charge in [0.25, 0.3) is 0 Å². The van der Waals surface area contributed by atoms with Crippen LogP contribution in [0.2, 0.25) is 0 Å². The van der Waals surface area contributed by atoms with Crippen molar-refractivity contribution >= 4 is 43.2 Å². The van der Waals surface area contributed by atoms with Crippen molar-refractivity contribution in [2.45, 2.75) is 52.0 Å². The lowest BCUT2D eigenvalue weighted by molar-refractivity contribution is 0.192. The minimum Gasteiger partial charge on any atom is -0.309 e. The Balaban J connectivity index is 2.32. The Morgan fingerprint density at radius 3 is 2.44 bits per heavy atom. The van der Waals surface area contributed by atoms with Gasteiger partial charge in [-0.25, -0.2) is 0 Å². The van der Waals surface area contributed by atoms with Crippen molar-refractivity contribution in [2.75, 3.05) is 6.54 Å². The molecule has 0 aliphatic heterocycles. The van der Waals surface area contributed by atoms with Crippen molar-refractivity contribution in [1.82, 2.24) is 5.32 Å². The van der Waals surface area contributed by atoms with Gasteiger partial charge in [0, 0.05) is 15.4 Å². The van der Waals surface area contributed by atoms with E-state index in [9.17, 15) is 0 Å². The summed E-state index contributed by atoms with van der Waals surface area (Å²) in [5.41, 5.74) is 0.472. The Kier molecular flexibility index (Phi) is 5.32. The normalized spacial score (nSPS) is 20.2. The molecule has 18 heavy (non-hydrogen) atoms. The second kappa shape index (κ2) is 6.38. The molecule has 1 saturated carbocycles. The van der Waals surface area contributed by atoms with E-state index in [1.54, 1.807) is 0 Å². The number of rotatable bonds is 5. The first-order valence-electron chi connectivity index (χ1n) is 6.81. The van der Waals surface area contributed by atoms with Gasteiger partial charge in [0.15, 0.2) is 0 Å². The minimum absolute atomic E-state index is 0.472. The summed E-state index contributed by atoms with van der Waals surface area (Å²) >= 11 is 9.12. The van der Waals surface area contributed by atoms with Gasteiger partial charge in [-0.15, -0.1) is 11.3 Å². The largest absolute Gasteiger partial charge is 0.309 e. The topological polar surface area (TPSA) is 12.0 Å². The Bertz CT molecular complexity index is 377. The lowest BCUT2D eigenvalue weighted by Crippen LogP contribution is -2.35. The molecule has 1 unspecified atom stereocenters. The maximum absolute atomic E-state index is 3.74. The molecular formula is C14H21Br2NS. The SMILES string of the molecule is CCNC(c1cc(Br)c(Br)s1)C1(CC)CCCC1. The van der Waals surface area contributed by atoms with Crippen molar-refractivity contribution in [3.63, 3.8) is 0 Å². The van der Waals surface area contributed by atoms with E-state index in [1.807, 2.05) is 11.3 Å². The Hall–Kier alpha value is 0.620. The van der Waals surface area contributed by atoms with Crippen LogP contribution < -0.4 is 5.32 Å². The van der Waals surface area contributed by atoms with Gasteiger partial charge >= 0.3 is 0 Å². The lowest BCUT2D eigenvalue weighted by atomic mass is 9.75. The Labute approximate surface area is 131 Å². The summed E-state index contributed by atoms with van der Waals surface area (Å²) < 4.78 is 2.40. The molecule has 1 aromatic rings. The van der Waals surface area contributed by atoms with E-state index < -0.39 is 0 Å². The number of hydrogen-bond acceptors (Lipinski definition) is 2. The van der Waals surface area contributed by atoms with E-state index in [4.69, 9.17) is 0 Å². The molecule has 102 valence electrons. The molecule has 1 aliphatic carbocycles. The van der Waals surface area contributed by atoms with Gasteiger partial charge in [-0.1, -0.05) is 26.7 Å². The molecule has 1 aromatic heterocycles. The quantitative estimate of drug-likeness (QED) is 0.655. The van der Waals surface area contributed by atoms with Crippen LogP contribution in [0.25, 0.3) is 0 Å². The van der Waals surface area contributed by atoms with E-state index in [-0.39, 0.29) is 0 Å². The van der Waals surface area contributed by atoms with Crippen LogP contribution in [0.15, 0.2) is 14.3 Å². The second-order valence-corrected chi connectivity index (χ2v) is 8.44. The predicted octanol–water partition coefficient (Wildman–Crippen LogP) is 5.89. The molecule has 1 N–H and O–H groups in total. The molecular weight excluding hydrogens is 374 g/mol. The van der Waals surface area contributed by atoms with E-state index >= 15 is 0 Å². The Morgan fingerprint density at radius 2 is 2.00 bits per heavy atom. The van der Waals surface area contributed by atoms with Crippen LogP contribution in [-0.4, -0.2) is 6.54 Å². The van der Waals surface area contributed by atoms with Crippen LogP contribution in [0.1, 0.15) is 56.9 Å². The van der Waals surface area contributed by atoms with Crippen molar-refractivity contribution in [3.8, 4) is 0 Å². The van der Waals surface area contributed by atoms with Gasteiger partial charge in [-0.2, -0.15) is 0 Å². The summed E-state index contributed by atoms with van der Waals surface area (Å²) in [6.07, 6.45) is 6.80. The molecule has 1 aliphatic rings. The fourth-order valence-electron chi connectivity index (χ4n) is 3.25. The van der Waals surface area contributed by atoms with Crippen LogP contribution in [-0.2, 0) is 0 Å². The minimum atomic E-state index is 0.472. The van der Waals surface area contributed by atoms with Crippen molar-refractivity contribution in [3.05, 3.63) is 19.2 Å². The molecule has 2 rings (SSSR count). The molecule has 0 spiro atoms. The summed E-state index contributed by atoms with van der Waals surface area (Å²) in [5.74, 6) is 0. The van der Waals surface area contributed by atoms with Crippen LogP contribution in [0.5, 0.6) is 0 Å². The van der Waals surface area contributed by atoms with Crippen LogP contribution in [0.3, 0.4) is 0 Å². The third-order valence-corrected chi connectivity index (χ3v) is 7.59. The van der Waals surface area contributed by atoms with Gasteiger partial charge in [-0.05, 0) is 69.1 Å². The van der Waals surface area contributed by atoms with E-state index in [2.05, 4.69) is 57.1 Å². The van der Waals surface area contributed by atoms with Crippen molar-refractivity contribution < 1.29 is 0 Å². The third-order valence-electron chi connectivity index (χ3n) is 4.27. The van der Waals surface area contributed by atoms with E-state index in [0.717, 1.165) is 6.54 Å². The molecule has 0 amide bonds. The van der Waals surface area contributed by atoms with Crippen molar-refractivity contribution in [2.24, 2.45) is 5.41 Å². The summed E-state index contributed by atoms with van der Waals surface area (Å²) in [7, 11) is 0. The molecule has 1 nitrogen and oxygen atoms in total. The monoisotopic (exact) mass is 393 g/mol. The zero-order chi connectivity index (χ0) is 13.2. The third kappa shape index (κ3) is 2.87. The van der Waals surface area contributed by atoms with Gasteiger partial charge < -0.3 is 5.32 Å². The van der Waals surface area contributed by atoms with Crippen LogP contribution >= 0.6 is 43.2 Å². The first-order chi connectivity index (χ1) is 8.63. The highest BCUT2D eigenvalue weighted by Gasteiger charge is 2.40. The number of hydrogen-bond donors (Lipinski definition) is 1. The highest BCUT2D eigenvalue weighted by Crippen LogP contribution is 2.52. The van der Waals surface area contributed by atoms with Gasteiger partial charge in [0.05, 0.1) is 3.79 Å². The maximum Gasteiger partial charge on any atom is 0.0843 e. The molecule has 4 heteroatoms. The highest BCUT2D eigenvalue weighted by atomic mass is 79.9. The smallest absolute Gasteiger partial charge is 0.0843 e. The van der Waals surface area contributed by atoms with E-state index in [0.29, 0.717) is 11.5 Å². The molecule has 1 heterocycles. The fourth-order valence-corrected chi connectivity index (χ4v) is 5.56. The van der Waals surface area contributed by atoms with E-state index in [1.165, 1.54) is 45.2 Å². The first kappa shape index (κ1) is 15.0. The second-order valence-electron chi connectivity index (χ2n) is 5.18. The molecule has 1 fully saturated rings. The molecule has 1 atom stereocenters. The zero-order valence-electron chi connectivity index (χ0n) is 11.1. The van der Waals surface area contributed by atoms with Gasteiger partial charge in [0.2, 0.25) is 0 Å². The molecule has 0 saturated heterocycles. The first-order valence-corrected chi connectivity index (χ1v) is 9.21. The fraction of sp³-hybridized carbons (Fsp3) is 0.714. The van der Waals surface area contributed by atoms with Gasteiger partial charge in [-0.3, -0.25) is 0 Å². The maximum atomic E-state index is 3.74. The Morgan fingerprint density at radius 1 is 1.33 bits per heavy atom. The van der Waals surface area contributed by atoms with Crippen molar-refractivity contribution in [1.29, 1.82) is 0 Å². The molecule has 0 radical (unpaired) electrons. The average Bonchev–Trinajstić information content (AvgIpc) is 2.95. The zero-order valence-corrected chi connectivity index (χ0v) is 15.1. The molecule has 0 bridgehead atoms. The number of halogens is 2. The van der Waals surface area contributed by atoms with Crippen LogP contribution in [0, 0.1) is 5.41 Å².